The number of thiazole rings is 1. The van der Waals surface area contributed by atoms with E-state index < -0.39 is 0 Å². The average Bonchev–Trinajstić information content (AvgIpc) is 2.45. The van der Waals surface area contributed by atoms with Crippen molar-refractivity contribution in [2.45, 2.75) is 20.8 Å². The Bertz CT molecular complexity index is 289. The summed E-state index contributed by atoms with van der Waals surface area (Å²) in [6, 6.07) is 0. The summed E-state index contributed by atoms with van der Waals surface area (Å²) in [6.07, 6.45) is 3.13. The Morgan fingerprint density at radius 3 is 2.54 bits per heavy atom. The van der Waals surface area contributed by atoms with E-state index in [1.807, 2.05) is 20.8 Å². The minimum atomic E-state index is 0.540. The van der Waals surface area contributed by atoms with E-state index in [0.29, 0.717) is 5.82 Å². The monoisotopic (exact) mass is 197 g/mol. The van der Waals surface area contributed by atoms with Gasteiger partial charge in [-0.25, -0.2) is 4.98 Å². The first-order valence-corrected chi connectivity index (χ1v) is 4.92. The van der Waals surface area contributed by atoms with Crippen molar-refractivity contribution in [1.29, 1.82) is 0 Å². The van der Waals surface area contributed by atoms with Gasteiger partial charge in [0.05, 0.1) is 9.88 Å². The molecule has 72 valence electrons. The van der Waals surface area contributed by atoms with Crippen LogP contribution in [0.2, 0.25) is 0 Å². The SMILES string of the molecule is C=CN=Cc1sc(C)nc1N.CC. The van der Waals surface area contributed by atoms with Crippen LogP contribution in [0.15, 0.2) is 17.8 Å². The van der Waals surface area contributed by atoms with Gasteiger partial charge in [0, 0.05) is 12.4 Å². The topological polar surface area (TPSA) is 51.3 Å². The van der Waals surface area contributed by atoms with E-state index in [4.69, 9.17) is 5.73 Å². The van der Waals surface area contributed by atoms with E-state index >= 15 is 0 Å². The summed E-state index contributed by atoms with van der Waals surface area (Å²) in [5.41, 5.74) is 5.56. The van der Waals surface area contributed by atoms with Gasteiger partial charge in [0.15, 0.2) is 0 Å². The number of aryl methyl sites for hydroxylation is 1. The van der Waals surface area contributed by atoms with Crippen molar-refractivity contribution in [3.8, 4) is 0 Å². The van der Waals surface area contributed by atoms with E-state index in [9.17, 15) is 0 Å². The fourth-order valence-corrected chi connectivity index (χ4v) is 1.40. The van der Waals surface area contributed by atoms with Crippen LogP contribution in [-0.2, 0) is 0 Å². The quantitative estimate of drug-likeness (QED) is 0.741. The van der Waals surface area contributed by atoms with Crippen LogP contribution in [0.3, 0.4) is 0 Å². The van der Waals surface area contributed by atoms with Crippen LogP contribution in [0.1, 0.15) is 23.7 Å². The van der Waals surface area contributed by atoms with Crippen molar-refractivity contribution in [2.24, 2.45) is 4.99 Å². The molecular formula is C9H15N3S. The molecule has 0 saturated heterocycles. The van der Waals surface area contributed by atoms with Crippen molar-refractivity contribution in [2.75, 3.05) is 5.73 Å². The molecule has 0 radical (unpaired) electrons. The predicted molar refractivity (Wildman–Crippen MR) is 60.4 cm³/mol. The number of rotatable bonds is 2. The Kier molecular flexibility index (Phi) is 5.80. The molecule has 13 heavy (non-hydrogen) atoms. The molecular weight excluding hydrogens is 182 g/mol. The molecule has 0 aliphatic heterocycles. The zero-order chi connectivity index (χ0) is 10.3. The summed E-state index contributed by atoms with van der Waals surface area (Å²) >= 11 is 1.52. The maximum absolute atomic E-state index is 5.56. The molecule has 0 spiro atoms. The lowest BCUT2D eigenvalue weighted by molar-refractivity contribution is 1.30. The molecule has 0 amide bonds. The summed E-state index contributed by atoms with van der Waals surface area (Å²) < 4.78 is 0. The third kappa shape index (κ3) is 3.85. The molecule has 1 heterocycles. The summed E-state index contributed by atoms with van der Waals surface area (Å²) in [6.45, 7) is 9.37. The molecule has 2 N–H and O–H groups in total. The predicted octanol–water partition coefficient (Wildman–Crippen LogP) is 2.62. The number of nitrogens with two attached hydrogens (primary N) is 1. The smallest absolute Gasteiger partial charge is 0.143 e. The lowest BCUT2D eigenvalue weighted by Gasteiger charge is -1.83. The second kappa shape index (κ2) is 6.37. The van der Waals surface area contributed by atoms with Gasteiger partial charge >= 0.3 is 0 Å². The second-order valence-corrected chi connectivity index (χ2v) is 3.18. The molecule has 0 saturated carbocycles. The van der Waals surface area contributed by atoms with Crippen molar-refractivity contribution in [3.63, 3.8) is 0 Å². The molecule has 0 aliphatic carbocycles. The molecule has 4 heteroatoms. The molecule has 0 unspecified atom stereocenters. The summed E-state index contributed by atoms with van der Waals surface area (Å²) in [4.78, 5) is 8.77. The summed E-state index contributed by atoms with van der Waals surface area (Å²) in [5.74, 6) is 0.540. The summed E-state index contributed by atoms with van der Waals surface area (Å²) in [5, 5.41) is 0.952. The van der Waals surface area contributed by atoms with Crippen LogP contribution >= 0.6 is 11.3 Å². The Morgan fingerprint density at radius 1 is 1.54 bits per heavy atom. The standard InChI is InChI=1S/C7H9N3S.C2H6/c1-3-9-4-6-7(8)10-5(2)11-6;1-2/h3-4H,1,8H2,2H3;1-2H3. The summed E-state index contributed by atoms with van der Waals surface area (Å²) in [7, 11) is 0. The Labute approximate surface area is 83.0 Å². The van der Waals surface area contributed by atoms with Crippen LogP contribution < -0.4 is 5.73 Å². The van der Waals surface area contributed by atoms with Gasteiger partial charge in [-0.3, -0.25) is 4.99 Å². The zero-order valence-corrected chi connectivity index (χ0v) is 9.06. The maximum atomic E-state index is 5.56. The highest BCUT2D eigenvalue weighted by Crippen LogP contribution is 2.16. The van der Waals surface area contributed by atoms with Gasteiger partial charge in [-0.05, 0) is 6.92 Å². The first-order chi connectivity index (χ1) is 6.24. The molecule has 0 atom stereocenters. The first-order valence-electron chi connectivity index (χ1n) is 4.11. The number of hydrogen-bond donors (Lipinski definition) is 1. The Morgan fingerprint density at radius 2 is 2.15 bits per heavy atom. The largest absolute Gasteiger partial charge is 0.382 e. The van der Waals surface area contributed by atoms with Crippen LogP contribution in [-0.4, -0.2) is 11.2 Å². The van der Waals surface area contributed by atoms with Gasteiger partial charge in [-0.1, -0.05) is 20.4 Å². The van der Waals surface area contributed by atoms with Crippen LogP contribution in [0.5, 0.6) is 0 Å². The fraction of sp³-hybridized carbons (Fsp3) is 0.333. The third-order valence-corrected chi connectivity index (χ3v) is 2.01. The van der Waals surface area contributed by atoms with Crippen LogP contribution in [0.25, 0.3) is 0 Å². The number of aliphatic imine (C=N–C) groups is 1. The molecule has 0 aromatic carbocycles. The lowest BCUT2D eigenvalue weighted by Crippen LogP contribution is -1.88. The number of anilines is 1. The van der Waals surface area contributed by atoms with E-state index in [0.717, 1.165) is 9.88 Å². The van der Waals surface area contributed by atoms with Crippen molar-refractivity contribution in [3.05, 3.63) is 22.7 Å². The average molecular weight is 197 g/mol. The highest BCUT2D eigenvalue weighted by atomic mass is 32.1. The number of nitrogens with zero attached hydrogens (tertiary/aromatic N) is 2. The van der Waals surface area contributed by atoms with Gasteiger partial charge in [0.2, 0.25) is 0 Å². The Hall–Kier alpha value is -1.16. The van der Waals surface area contributed by atoms with Gasteiger partial charge in [-0.15, -0.1) is 11.3 Å². The maximum Gasteiger partial charge on any atom is 0.143 e. The lowest BCUT2D eigenvalue weighted by atomic mass is 10.5. The molecule has 0 aliphatic rings. The van der Waals surface area contributed by atoms with E-state index in [2.05, 4.69) is 16.6 Å². The van der Waals surface area contributed by atoms with E-state index in [1.165, 1.54) is 17.5 Å². The molecule has 1 aromatic heterocycles. The van der Waals surface area contributed by atoms with Gasteiger partial charge in [0.1, 0.15) is 5.82 Å². The minimum absolute atomic E-state index is 0.540. The van der Waals surface area contributed by atoms with Gasteiger partial charge in [-0.2, -0.15) is 0 Å². The normalized spacial score (nSPS) is 9.46. The number of nitrogen functional groups attached to an aromatic ring is 1. The zero-order valence-electron chi connectivity index (χ0n) is 8.24. The number of aromatic nitrogens is 1. The van der Waals surface area contributed by atoms with E-state index in [1.54, 1.807) is 6.21 Å². The molecule has 1 rings (SSSR count). The van der Waals surface area contributed by atoms with Crippen molar-refractivity contribution >= 4 is 23.4 Å². The van der Waals surface area contributed by atoms with Gasteiger partial charge < -0.3 is 5.73 Å². The highest BCUT2D eigenvalue weighted by molar-refractivity contribution is 7.13. The van der Waals surface area contributed by atoms with Crippen molar-refractivity contribution < 1.29 is 0 Å². The van der Waals surface area contributed by atoms with Crippen LogP contribution in [0.4, 0.5) is 5.82 Å². The third-order valence-electron chi connectivity index (χ3n) is 1.09. The molecule has 0 fully saturated rings. The van der Waals surface area contributed by atoms with Crippen LogP contribution in [0, 0.1) is 6.92 Å². The fourth-order valence-electron chi connectivity index (χ4n) is 0.672. The minimum Gasteiger partial charge on any atom is -0.382 e. The van der Waals surface area contributed by atoms with Gasteiger partial charge in [0.25, 0.3) is 0 Å². The van der Waals surface area contributed by atoms with Crippen molar-refractivity contribution in [1.82, 2.24) is 4.98 Å². The number of hydrogen-bond acceptors (Lipinski definition) is 4. The second-order valence-electron chi connectivity index (χ2n) is 1.94. The highest BCUT2D eigenvalue weighted by Gasteiger charge is 2.00. The first kappa shape index (κ1) is 11.8. The molecule has 0 bridgehead atoms. The molecule has 3 nitrogen and oxygen atoms in total. The van der Waals surface area contributed by atoms with E-state index in [-0.39, 0.29) is 0 Å². The Balaban J connectivity index is 0.000000671. The molecule has 1 aromatic rings.